The predicted octanol–water partition coefficient (Wildman–Crippen LogP) is 5.14. The van der Waals surface area contributed by atoms with Crippen LogP contribution >= 0.6 is 0 Å². The van der Waals surface area contributed by atoms with Crippen LogP contribution in [0.2, 0.25) is 0 Å². The van der Waals surface area contributed by atoms with Crippen molar-refractivity contribution in [3.05, 3.63) is 71.4 Å². The maximum Gasteiger partial charge on any atom is 0.416 e. The van der Waals surface area contributed by atoms with Crippen LogP contribution in [0.25, 0.3) is 17.1 Å². The van der Waals surface area contributed by atoms with Crippen LogP contribution in [-0.2, 0) is 17.4 Å². The van der Waals surface area contributed by atoms with Gasteiger partial charge in [0, 0.05) is 24.1 Å². The number of carbonyl (C=O) groups excluding carboxylic acids is 1. The van der Waals surface area contributed by atoms with Gasteiger partial charge < -0.3 is 14.6 Å². The number of carbonyl (C=O) groups is 1. The summed E-state index contributed by atoms with van der Waals surface area (Å²) in [6, 6.07) is 12.0. The van der Waals surface area contributed by atoms with Gasteiger partial charge in [-0.05, 0) is 62.4 Å². The van der Waals surface area contributed by atoms with E-state index in [0.717, 1.165) is 17.8 Å². The second-order valence-corrected chi connectivity index (χ2v) is 7.86. The summed E-state index contributed by atoms with van der Waals surface area (Å²) in [5, 5.41) is 10.8. The molecule has 2 aromatic heterocycles. The number of halogens is 3. The van der Waals surface area contributed by atoms with Gasteiger partial charge in [-0.3, -0.25) is 4.79 Å². The summed E-state index contributed by atoms with van der Waals surface area (Å²) in [5.74, 6) is 0.765. The number of aryl methyl sites for hydroxylation is 3. The third-order valence-electron chi connectivity index (χ3n) is 5.22. The Kier molecular flexibility index (Phi) is 6.59. The van der Waals surface area contributed by atoms with E-state index in [2.05, 4.69) is 20.6 Å². The van der Waals surface area contributed by atoms with E-state index >= 15 is 0 Å². The van der Waals surface area contributed by atoms with Crippen molar-refractivity contribution in [2.45, 2.75) is 32.9 Å². The molecule has 35 heavy (non-hydrogen) atoms. The lowest BCUT2D eigenvalue weighted by atomic mass is 10.1. The zero-order valence-corrected chi connectivity index (χ0v) is 19.2. The molecule has 1 N–H and O–H groups in total. The molecule has 1 amide bonds. The normalized spacial score (nSPS) is 11.5. The lowest BCUT2D eigenvalue weighted by molar-refractivity contribution is -0.137. The molecule has 0 spiro atoms. The average molecular weight is 485 g/mol. The third-order valence-corrected chi connectivity index (χ3v) is 5.22. The van der Waals surface area contributed by atoms with E-state index in [0.29, 0.717) is 28.5 Å². The Morgan fingerprint density at radius 3 is 2.49 bits per heavy atom. The third kappa shape index (κ3) is 5.51. The predicted molar refractivity (Wildman–Crippen MR) is 121 cm³/mol. The zero-order chi connectivity index (χ0) is 25.2. The molecule has 0 bridgehead atoms. The Morgan fingerprint density at radius 2 is 1.86 bits per heavy atom. The van der Waals surface area contributed by atoms with Crippen molar-refractivity contribution in [2.24, 2.45) is 0 Å². The average Bonchev–Trinajstić information content (AvgIpc) is 3.43. The van der Waals surface area contributed by atoms with Crippen LogP contribution in [0.3, 0.4) is 0 Å². The Balaban J connectivity index is 1.49. The number of alkyl halides is 3. The number of hydrogen-bond donors (Lipinski definition) is 1. The van der Waals surface area contributed by atoms with E-state index in [1.165, 1.54) is 10.7 Å². The monoisotopic (exact) mass is 485 g/mol. The van der Waals surface area contributed by atoms with E-state index in [-0.39, 0.29) is 24.4 Å². The van der Waals surface area contributed by atoms with E-state index in [1.54, 1.807) is 51.3 Å². The van der Waals surface area contributed by atoms with Gasteiger partial charge >= 0.3 is 6.18 Å². The van der Waals surface area contributed by atoms with Crippen molar-refractivity contribution < 1.29 is 27.2 Å². The summed E-state index contributed by atoms with van der Waals surface area (Å²) >= 11 is 0. The molecule has 11 heteroatoms. The first-order valence-corrected chi connectivity index (χ1v) is 10.7. The van der Waals surface area contributed by atoms with Gasteiger partial charge in [0.15, 0.2) is 0 Å². The minimum Gasteiger partial charge on any atom is -0.497 e. The van der Waals surface area contributed by atoms with E-state index in [9.17, 15) is 18.0 Å². The highest BCUT2D eigenvalue weighted by Crippen LogP contribution is 2.34. The fourth-order valence-corrected chi connectivity index (χ4v) is 3.52. The van der Waals surface area contributed by atoms with Gasteiger partial charge in [0.25, 0.3) is 0 Å². The Hall–Kier alpha value is -4.15. The highest BCUT2D eigenvalue weighted by Gasteiger charge is 2.31. The number of benzene rings is 2. The molecule has 0 saturated heterocycles. The summed E-state index contributed by atoms with van der Waals surface area (Å²) in [7, 11) is 1.56. The van der Waals surface area contributed by atoms with Gasteiger partial charge in [-0.15, -0.1) is 0 Å². The Morgan fingerprint density at radius 1 is 1.11 bits per heavy atom. The number of anilines is 1. The van der Waals surface area contributed by atoms with Crippen molar-refractivity contribution in [1.29, 1.82) is 0 Å². The van der Waals surface area contributed by atoms with Crippen LogP contribution in [0.15, 0.2) is 53.1 Å². The maximum atomic E-state index is 13.3. The minimum absolute atomic E-state index is 0.000441. The molecule has 2 heterocycles. The molecule has 0 atom stereocenters. The molecule has 4 rings (SSSR count). The standard InChI is InChI=1S/C24H22F3N5O3/c1-14-12-15(2)32(30-14)20-9-6-17(24(25,26)27)13-19(20)28-21(33)10-11-22-29-23(31-35-22)16-4-7-18(34-3)8-5-16/h4-9,12-13H,10-11H2,1-3H3,(H,28,33). The Bertz CT molecular complexity index is 1340. The summed E-state index contributed by atoms with van der Waals surface area (Å²) in [6.07, 6.45) is -4.52. The summed E-state index contributed by atoms with van der Waals surface area (Å²) in [5.41, 5.74) is 1.58. The summed E-state index contributed by atoms with van der Waals surface area (Å²) < 4.78 is 51.7. The van der Waals surface area contributed by atoms with Crippen LogP contribution < -0.4 is 10.1 Å². The lowest BCUT2D eigenvalue weighted by Gasteiger charge is -2.15. The molecule has 0 radical (unpaired) electrons. The second kappa shape index (κ2) is 9.61. The highest BCUT2D eigenvalue weighted by molar-refractivity contribution is 5.93. The number of hydrogen-bond acceptors (Lipinski definition) is 6. The number of aromatic nitrogens is 4. The first kappa shape index (κ1) is 24.0. The van der Waals surface area contributed by atoms with Gasteiger partial charge in [-0.25, -0.2) is 4.68 Å². The second-order valence-electron chi connectivity index (χ2n) is 7.86. The van der Waals surface area contributed by atoms with Crippen LogP contribution in [-0.4, -0.2) is 32.9 Å². The number of nitrogens with one attached hydrogen (secondary N) is 1. The fraction of sp³-hybridized carbons (Fsp3) is 0.250. The first-order valence-electron chi connectivity index (χ1n) is 10.7. The van der Waals surface area contributed by atoms with Crippen LogP contribution in [0.1, 0.15) is 29.3 Å². The van der Waals surface area contributed by atoms with Gasteiger partial charge in [0.1, 0.15) is 5.75 Å². The number of rotatable bonds is 7. The highest BCUT2D eigenvalue weighted by atomic mass is 19.4. The van der Waals surface area contributed by atoms with Crippen LogP contribution in [0.5, 0.6) is 5.75 Å². The molecular weight excluding hydrogens is 463 g/mol. The SMILES string of the molecule is COc1ccc(-c2noc(CCC(=O)Nc3cc(C(F)(F)F)ccc3-n3nc(C)cc3C)n2)cc1. The quantitative estimate of drug-likeness (QED) is 0.390. The Labute approximate surface area is 198 Å². The summed E-state index contributed by atoms with van der Waals surface area (Å²) in [6.45, 7) is 3.55. The van der Waals surface area contributed by atoms with Crippen molar-refractivity contribution in [3.8, 4) is 22.8 Å². The summed E-state index contributed by atoms with van der Waals surface area (Å²) in [4.78, 5) is 16.9. The van der Waals surface area contributed by atoms with Crippen molar-refractivity contribution in [1.82, 2.24) is 19.9 Å². The van der Waals surface area contributed by atoms with Crippen molar-refractivity contribution in [3.63, 3.8) is 0 Å². The molecule has 4 aromatic rings. The van der Waals surface area contributed by atoms with E-state index < -0.39 is 17.6 Å². The molecule has 2 aromatic carbocycles. The smallest absolute Gasteiger partial charge is 0.416 e. The minimum atomic E-state index is -4.56. The van der Waals surface area contributed by atoms with Gasteiger partial charge in [-0.2, -0.15) is 23.3 Å². The molecule has 0 saturated carbocycles. The molecule has 0 aliphatic rings. The first-order chi connectivity index (χ1) is 16.6. The molecular formula is C24H22F3N5O3. The van der Waals surface area contributed by atoms with Crippen LogP contribution in [0, 0.1) is 13.8 Å². The van der Waals surface area contributed by atoms with Crippen LogP contribution in [0.4, 0.5) is 18.9 Å². The van der Waals surface area contributed by atoms with E-state index in [4.69, 9.17) is 9.26 Å². The van der Waals surface area contributed by atoms with Crippen molar-refractivity contribution >= 4 is 11.6 Å². The molecule has 182 valence electrons. The number of ether oxygens (including phenoxy) is 1. The maximum absolute atomic E-state index is 13.3. The molecule has 0 aliphatic carbocycles. The molecule has 0 fully saturated rings. The number of methoxy groups -OCH3 is 1. The zero-order valence-electron chi connectivity index (χ0n) is 19.2. The number of amides is 1. The molecule has 0 unspecified atom stereocenters. The van der Waals surface area contributed by atoms with Gasteiger partial charge in [0.05, 0.1) is 29.7 Å². The number of nitrogens with zero attached hydrogens (tertiary/aromatic N) is 4. The van der Waals surface area contributed by atoms with Crippen molar-refractivity contribution in [2.75, 3.05) is 12.4 Å². The fourth-order valence-electron chi connectivity index (χ4n) is 3.52. The van der Waals surface area contributed by atoms with Gasteiger partial charge in [-0.1, -0.05) is 5.16 Å². The molecule has 0 aliphatic heterocycles. The molecule has 8 nitrogen and oxygen atoms in total. The largest absolute Gasteiger partial charge is 0.497 e. The topological polar surface area (TPSA) is 95.1 Å². The van der Waals surface area contributed by atoms with Gasteiger partial charge in [0.2, 0.25) is 17.6 Å². The lowest BCUT2D eigenvalue weighted by Crippen LogP contribution is -2.16. The van der Waals surface area contributed by atoms with E-state index in [1.807, 2.05) is 0 Å².